The summed E-state index contributed by atoms with van der Waals surface area (Å²) < 4.78 is 19.0. The maximum atomic E-state index is 12.7. The summed E-state index contributed by atoms with van der Waals surface area (Å²) in [6, 6.07) is 0. The van der Waals surface area contributed by atoms with Crippen molar-refractivity contribution in [3.63, 3.8) is 0 Å². The Hall–Kier alpha value is -2.99. The van der Waals surface area contributed by atoms with Crippen LogP contribution in [0.5, 0.6) is 0 Å². The van der Waals surface area contributed by atoms with Crippen LogP contribution in [-0.4, -0.2) is 46.2 Å². The van der Waals surface area contributed by atoms with E-state index in [1.807, 2.05) is 0 Å². The maximum Gasteiger partial charge on any atom is 0.306 e. The number of ether oxygens (including phenoxy) is 3. The quantitative estimate of drug-likeness (QED) is 0.0438. The van der Waals surface area contributed by atoms with Gasteiger partial charge in [-0.3, -0.25) is 4.79 Å². The second kappa shape index (κ2) is 20.3. The molecule has 2 aliphatic heterocycles. The minimum atomic E-state index is -0.393. The number of unbranched alkanes of at least 4 members (excludes halogenated alkanes) is 8. The van der Waals surface area contributed by atoms with Crippen molar-refractivity contribution in [2.75, 3.05) is 0 Å². The normalized spacial score (nSPS) is 31.7. The van der Waals surface area contributed by atoms with E-state index in [0.717, 1.165) is 48.8 Å². The smallest absolute Gasteiger partial charge is 0.306 e. The van der Waals surface area contributed by atoms with Gasteiger partial charge in [0.1, 0.15) is 17.3 Å². The van der Waals surface area contributed by atoms with Gasteiger partial charge < -0.3 is 19.3 Å². The van der Waals surface area contributed by atoms with E-state index in [4.69, 9.17) is 14.2 Å². The van der Waals surface area contributed by atoms with Crippen LogP contribution in [0, 0.1) is 10.8 Å². The van der Waals surface area contributed by atoms with Gasteiger partial charge in [-0.25, -0.2) is 0 Å². The molecule has 0 radical (unpaired) electrons. The molecule has 0 aromatic rings. The molecule has 0 aromatic carbocycles. The predicted octanol–water partition coefficient (Wildman–Crippen LogP) is 13.4. The molecule has 4 aliphatic rings. The van der Waals surface area contributed by atoms with E-state index >= 15 is 0 Å². The number of fused-ring (bicyclic) bond motifs is 2. The monoisotopic (exact) mass is 783 g/mol. The number of carbonyl (C=O) groups excluding carboxylic acids is 1. The number of hydrogen-bond donors (Lipinski definition) is 1. The van der Waals surface area contributed by atoms with Gasteiger partial charge in [-0.05, 0) is 89.5 Å². The molecule has 2 aliphatic carbocycles. The third kappa shape index (κ3) is 12.8. The van der Waals surface area contributed by atoms with Gasteiger partial charge in [0.2, 0.25) is 0 Å². The molecule has 316 valence electrons. The van der Waals surface area contributed by atoms with E-state index in [1.165, 1.54) is 56.1 Å². The number of rotatable bonds is 20. The molecule has 57 heavy (non-hydrogen) atoms. The highest BCUT2D eigenvalue weighted by Crippen LogP contribution is 2.66. The van der Waals surface area contributed by atoms with Gasteiger partial charge in [-0.15, -0.1) is 0 Å². The highest BCUT2D eigenvalue weighted by molar-refractivity contribution is 5.69. The zero-order valence-corrected chi connectivity index (χ0v) is 37.7. The lowest BCUT2D eigenvalue weighted by Gasteiger charge is -2.44. The maximum absolute atomic E-state index is 12.7. The molecular formula is C52H78O5. The van der Waals surface area contributed by atoms with Gasteiger partial charge in [0, 0.05) is 24.7 Å². The van der Waals surface area contributed by atoms with Gasteiger partial charge in [-0.2, -0.15) is 0 Å². The van der Waals surface area contributed by atoms with Crippen molar-refractivity contribution in [2.24, 2.45) is 10.8 Å². The van der Waals surface area contributed by atoms with E-state index in [1.54, 1.807) is 0 Å². The summed E-state index contributed by atoms with van der Waals surface area (Å²) in [5.41, 5.74) is 4.70. The standard InChI is InChI=1S/C52H78O5/c1-12-13-14-15-16-17-18-19-20-31-47(54)55-44-37-49(8,9)52(51(11,38-44)57-52)33-32-41(4)28-23-27-39(2)25-21-22-26-40(3)29-24-30-42(5)45-34-46-48(6,7)35-43(53)36-50(46,10)56-45/h21-30,32-34,43-45,53H,12-20,31,35-38H2,1-11H3/b22-21+,27-23+,29-24+,33-32+,39-25+,40-26+,41-28+,42-30+. The zero-order chi connectivity index (χ0) is 41.9. The highest BCUT2D eigenvalue weighted by atomic mass is 16.6. The third-order valence-electron chi connectivity index (χ3n) is 12.9. The van der Waals surface area contributed by atoms with Crippen molar-refractivity contribution in [3.8, 4) is 0 Å². The van der Waals surface area contributed by atoms with Crippen LogP contribution in [0.2, 0.25) is 0 Å². The fourth-order valence-corrected chi connectivity index (χ4v) is 9.83. The largest absolute Gasteiger partial charge is 0.462 e. The summed E-state index contributed by atoms with van der Waals surface area (Å²) in [6.45, 7) is 23.9. The summed E-state index contributed by atoms with van der Waals surface area (Å²) in [4.78, 5) is 12.7. The molecule has 4 rings (SSSR count). The fraction of sp³-hybridized carbons (Fsp3) is 0.635. The number of hydrogen-bond acceptors (Lipinski definition) is 5. The first-order valence-corrected chi connectivity index (χ1v) is 22.2. The molecule has 6 unspecified atom stereocenters. The number of epoxide rings is 1. The second-order valence-corrected chi connectivity index (χ2v) is 19.4. The molecule has 0 aromatic heterocycles. The zero-order valence-electron chi connectivity index (χ0n) is 37.7. The molecule has 0 spiro atoms. The van der Waals surface area contributed by atoms with Crippen LogP contribution in [0.15, 0.2) is 107 Å². The van der Waals surface area contributed by atoms with Crippen LogP contribution in [0.25, 0.3) is 0 Å². The molecule has 1 N–H and O–H groups in total. The van der Waals surface area contributed by atoms with Crippen LogP contribution in [0.3, 0.4) is 0 Å². The molecule has 5 nitrogen and oxygen atoms in total. The molecule has 0 bridgehead atoms. The summed E-state index contributed by atoms with van der Waals surface area (Å²) in [5, 5.41) is 10.4. The van der Waals surface area contributed by atoms with Crippen molar-refractivity contribution in [1.82, 2.24) is 0 Å². The first-order chi connectivity index (χ1) is 26.9. The van der Waals surface area contributed by atoms with Crippen molar-refractivity contribution in [2.45, 2.75) is 201 Å². The SMILES string of the molecule is CCCCCCCCCCCC(=O)OC1CC(C)(C)C2(/C=C/C(C)=C/C=C/C(C)=C/C=C/C=C(C)/C=C/C=C(\C)C3C=C4C(C)(C)CC(O)CC4(C)O3)OC2(C)C1. The van der Waals surface area contributed by atoms with Gasteiger partial charge >= 0.3 is 5.97 Å². The van der Waals surface area contributed by atoms with Gasteiger partial charge in [-0.1, -0.05) is 170 Å². The Morgan fingerprint density at radius 2 is 1.30 bits per heavy atom. The molecule has 6 atom stereocenters. The van der Waals surface area contributed by atoms with Gasteiger partial charge in [0.05, 0.1) is 17.8 Å². The summed E-state index contributed by atoms with van der Waals surface area (Å²) >= 11 is 0. The topological polar surface area (TPSA) is 68.3 Å². The Bertz CT molecular complexity index is 1660. The number of aliphatic hydroxyl groups is 1. The first kappa shape index (κ1) is 46.7. The van der Waals surface area contributed by atoms with E-state index in [2.05, 4.69) is 155 Å². The third-order valence-corrected chi connectivity index (χ3v) is 12.9. The van der Waals surface area contributed by atoms with Crippen LogP contribution in [0.1, 0.15) is 166 Å². The molecule has 1 saturated heterocycles. The van der Waals surface area contributed by atoms with E-state index in [-0.39, 0.29) is 46.3 Å². The minimum absolute atomic E-state index is 0.0532. The summed E-state index contributed by atoms with van der Waals surface area (Å²) in [7, 11) is 0. The van der Waals surface area contributed by atoms with Crippen LogP contribution >= 0.6 is 0 Å². The first-order valence-electron chi connectivity index (χ1n) is 22.2. The van der Waals surface area contributed by atoms with Crippen LogP contribution < -0.4 is 0 Å². The Morgan fingerprint density at radius 1 is 0.737 bits per heavy atom. The van der Waals surface area contributed by atoms with Crippen molar-refractivity contribution in [3.05, 3.63) is 107 Å². The van der Waals surface area contributed by atoms with E-state index in [9.17, 15) is 9.90 Å². The number of aliphatic hydroxyl groups excluding tert-OH is 1. The molecular weight excluding hydrogens is 705 g/mol. The average Bonchev–Trinajstić information content (AvgIpc) is 3.58. The highest BCUT2D eigenvalue weighted by Gasteiger charge is 2.75. The van der Waals surface area contributed by atoms with E-state index in [0.29, 0.717) is 12.8 Å². The predicted molar refractivity (Wildman–Crippen MR) is 239 cm³/mol. The lowest BCUT2D eigenvalue weighted by Crippen LogP contribution is -2.47. The Kier molecular flexibility index (Phi) is 16.6. The van der Waals surface area contributed by atoms with Gasteiger partial charge in [0.15, 0.2) is 0 Å². The number of allylic oxidation sites excluding steroid dienone is 14. The number of carbonyl (C=O) groups is 1. The average molecular weight is 783 g/mol. The summed E-state index contributed by atoms with van der Waals surface area (Å²) in [6.07, 6.45) is 42.0. The van der Waals surface area contributed by atoms with Gasteiger partial charge in [0.25, 0.3) is 0 Å². The molecule has 0 amide bonds. The van der Waals surface area contributed by atoms with E-state index < -0.39 is 5.60 Å². The lowest BCUT2D eigenvalue weighted by atomic mass is 9.63. The Morgan fingerprint density at radius 3 is 1.91 bits per heavy atom. The van der Waals surface area contributed by atoms with Crippen molar-refractivity contribution >= 4 is 5.97 Å². The Balaban J connectivity index is 1.20. The van der Waals surface area contributed by atoms with Crippen LogP contribution in [-0.2, 0) is 19.0 Å². The second-order valence-electron chi connectivity index (χ2n) is 19.4. The molecule has 3 fully saturated rings. The fourth-order valence-electron chi connectivity index (χ4n) is 9.83. The Labute approximate surface area is 347 Å². The molecule has 5 heteroatoms. The van der Waals surface area contributed by atoms with Crippen molar-refractivity contribution < 1.29 is 24.1 Å². The van der Waals surface area contributed by atoms with Crippen LogP contribution in [0.4, 0.5) is 0 Å². The summed E-state index contributed by atoms with van der Waals surface area (Å²) in [5.74, 6) is -0.0532. The van der Waals surface area contributed by atoms with Crippen molar-refractivity contribution in [1.29, 1.82) is 0 Å². The number of esters is 1. The molecule has 2 heterocycles. The molecule has 2 saturated carbocycles. The lowest BCUT2D eigenvalue weighted by molar-refractivity contribution is -0.152. The minimum Gasteiger partial charge on any atom is -0.462 e.